The van der Waals surface area contributed by atoms with Crippen molar-refractivity contribution < 1.29 is 14.3 Å². The van der Waals surface area contributed by atoms with Crippen molar-refractivity contribution in [3.63, 3.8) is 0 Å². The van der Waals surface area contributed by atoms with Crippen molar-refractivity contribution in [2.45, 2.75) is 33.1 Å². The second kappa shape index (κ2) is 8.14. The Bertz CT molecular complexity index is 1040. The Morgan fingerprint density at radius 2 is 1.93 bits per heavy atom. The van der Waals surface area contributed by atoms with E-state index in [2.05, 4.69) is 34.5 Å². The summed E-state index contributed by atoms with van der Waals surface area (Å²) in [7, 11) is 1.54. The Kier molecular flexibility index (Phi) is 5.39. The van der Waals surface area contributed by atoms with Crippen LogP contribution < -0.4 is 14.8 Å². The van der Waals surface area contributed by atoms with Gasteiger partial charge in [-0.2, -0.15) is 9.78 Å². The number of methoxy groups -OCH3 is 1. The minimum Gasteiger partial charge on any atom is -0.493 e. The summed E-state index contributed by atoms with van der Waals surface area (Å²) in [6.45, 7) is 6.84. The van der Waals surface area contributed by atoms with Crippen LogP contribution in [-0.4, -0.2) is 39.6 Å². The molecule has 0 unspecified atom stereocenters. The second-order valence-corrected chi connectivity index (χ2v) is 7.77. The lowest BCUT2D eigenvalue weighted by Gasteiger charge is -2.24. The molecule has 0 aliphatic carbocycles. The Morgan fingerprint density at radius 3 is 2.57 bits per heavy atom. The van der Waals surface area contributed by atoms with Gasteiger partial charge in [0.25, 0.3) is 0 Å². The first kappa shape index (κ1) is 19.9. The highest BCUT2D eigenvalue weighted by molar-refractivity contribution is 5.95. The molecule has 30 heavy (non-hydrogen) atoms. The van der Waals surface area contributed by atoms with Gasteiger partial charge in [0.05, 0.1) is 19.4 Å². The van der Waals surface area contributed by atoms with Crippen LogP contribution in [0.1, 0.15) is 43.0 Å². The quantitative estimate of drug-likeness (QED) is 0.673. The summed E-state index contributed by atoms with van der Waals surface area (Å²) in [5, 5.41) is 15.8. The molecule has 1 aromatic carbocycles. The van der Waals surface area contributed by atoms with Crippen LogP contribution in [0.25, 0.3) is 5.82 Å². The van der Waals surface area contributed by atoms with Crippen LogP contribution in [0.4, 0.5) is 5.82 Å². The Balaban J connectivity index is 1.68. The first-order valence-corrected chi connectivity index (χ1v) is 9.96. The number of hydrogen-bond donors (Lipinski definition) is 1. The summed E-state index contributed by atoms with van der Waals surface area (Å²) < 4.78 is 12.5. The predicted molar refractivity (Wildman–Crippen MR) is 112 cm³/mol. The number of rotatable bonds is 6. The van der Waals surface area contributed by atoms with E-state index in [-0.39, 0.29) is 11.8 Å². The van der Waals surface area contributed by atoms with E-state index in [0.717, 1.165) is 22.6 Å². The predicted octanol–water partition coefficient (Wildman–Crippen LogP) is 3.49. The summed E-state index contributed by atoms with van der Waals surface area (Å²) in [6, 6.07) is 11.4. The molecule has 0 saturated heterocycles. The SMILES string of the molecule is COc1ccc(-n2nc(C)c3c2NC(=O)C[C@@H]3c2ccc(OCC(C)C)cc2)nn1. The summed E-state index contributed by atoms with van der Waals surface area (Å²) in [4.78, 5) is 12.5. The van der Waals surface area contributed by atoms with E-state index in [1.54, 1.807) is 16.8 Å². The van der Waals surface area contributed by atoms with Crippen LogP contribution in [0.15, 0.2) is 36.4 Å². The standard InChI is InChI=1S/C22H25N5O3/c1-13(2)12-30-16-7-5-15(6-8-16)17-11-19(28)23-22-21(17)14(3)26-27(22)18-9-10-20(29-4)25-24-18/h5-10,13,17H,11-12H2,1-4H3,(H,23,28)/t17-/m1/s1. The molecule has 0 radical (unpaired) electrons. The summed E-state index contributed by atoms with van der Waals surface area (Å²) >= 11 is 0. The molecule has 3 heterocycles. The first-order valence-electron chi connectivity index (χ1n) is 9.96. The number of fused-ring (bicyclic) bond motifs is 1. The third-order valence-corrected chi connectivity index (χ3v) is 5.02. The number of nitrogens with zero attached hydrogens (tertiary/aromatic N) is 4. The largest absolute Gasteiger partial charge is 0.493 e. The highest BCUT2D eigenvalue weighted by Gasteiger charge is 2.33. The molecule has 8 nitrogen and oxygen atoms in total. The number of nitrogens with one attached hydrogen (secondary N) is 1. The number of anilines is 1. The number of aromatic nitrogens is 4. The van der Waals surface area contributed by atoms with E-state index in [1.807, 2.05) is 31.2 Å². The first-order chi connectivity index (χ1) is 14.5. The molecular weight excluding hydrogens is 382 g/mol. The third-order valence-electron chi connectivity index (χ3n) is 5.02. The minimum absolute atomic E-state index is 0.0599. The van der Waals surface area contributed by atoms with E-state index in [4.69, 9.17) is 9.47 Å². The van der Waals surface area contributed by atoms with Crippen LogP contribution in [0, 0.1) is 12.8 Å². The van der Waals surface area contributed by atoms with E-state index in [9.17, 15) is 4.79 Å². The molecule has 156 valence electrons. The van der Waals surface area contributed by atoms with Gasteiger partial charge >= 0.3 is 0 Å². The molecule has 1 N–H and O–H groups in total. The van der Waals surface area contributed by atoms with E-state index >= 15 is 0 Å². The molecule has 1 amide bonds. The summed E-state index contributed by atoms with van der Waals surface area (Å²) in [6.07, 6.45) is 0.361. The fraction of sp³-hybridized carbons (Fsp3) is 0.364. The van der Waals surface area contributed by atoms with Gasteiger partial charge in [0, 0.05) is 24.0 Å². The monoisotopic (exact) mass is 407 g/mol. The lowest BCUT2D eigenvalue weighted by molar-refractivity contribution is -0.116. The molecule has 0 saturated carbocycles. The maximum atomic E-state index is 12.5. The highest BCUT2D eigenvalue weighted by atomic mass is 16.5. The Morgan fingerprint density at radius 1 is 1.17 bits per heavy atom. The van der Waals surface area contributed by atoms with Crippen LogP contribution >= 0.6 is 0 Å². The third kappa shape index (κ3) is 3.85. The van der Waals surface area contributed by atoms with Crippen molar-refractivity contribution in [3.8, 4) is 17.4 Å². The van der Waals surface area contributed by atoms with Crippen molar-refractivity contribution in [2.24, 2.45) is 5.92 Å². The van der Waals surface area contributed by atoms with Crippen molar-refractivity contribution in [3.05, 3.63) is 53.2 Å². The van der Waals surface area contributed by atoms with Gasteiger partial charge in [0.1, 0.15) is 11.6 Å². The number of carbonyl (C=O) groups is 1. The fourth-order valence-corrected chi connectivity index (χ4v) is 3.59. The van der Waals surface area contributed by atoms with Crippen LogP contribution in [0.5, 0.6) is 11.6 Å². The van der Waals surface area contributed by atoms with Gasteiger partial charge in [0.15, 0.2) is 5.82 Å². The topological polar surface area (TPSA) is 91.2 Å². The van der Waals surface area contributed by atoms with Crippen LogP contribution in [0.3, 0.4) is 0 Å². The lowest BCUT2D eigenvalue weighted by Crippen LogP contribution is -2.25. The number of hydrogen-bond acceptors (Lipinski definition) is 6. The fourth-order valence-electron chi connectivity index (χ4n) is 3.59. The molecular formula is C22H25N5O3. The number of benzene rings is 1. The molecule has 4 rings (SSSR count). The molecule has 3 aromatic rings. The molecule has 0 spiro atoms. The average molecular weight is 407 g/mol. The molecule has 8 heteroatoms. The normalized spacial score (nSPS) is 15.6. The van der Waals surface area contributed by atoms with Crippen LogP contribution in [0.2, 0.25) is 0 Å². The van der Waals surface area contributed by atoms with Gasteiger partial charge in [-0.15, -0.1) is 10.2 Å². The number of amides is 1. The number of carbonyl (C=O) groups excluding carboxylic acids is 1. The molecule has 0 fully saturated rings. The Labute approximate surface area is 175 Å². The van der Waals surface area contributed by atoms with Gasteiger partial charge < -0.3 is 14.8 Å². The van der Waals surface area contributed by atoms with E-state index < -0.39 is 0 Å². The maximum Gasteiger partial charge on any atom is 0.233 e. The molecule has 1 aliphatic heterocycles. The average Bonchev–Trinajstić information content (AvgIpc) is 3.08. The zero-order chi connectivity index (χ0) is 21.3. The zero-order valence-electron chi connectivity index (χ0n) is 17.5. The minimum atomic E-state index is -0.0899. The van der Waals surface area contributed by atoms with Crippen molar-refractivity contribution >= 4 is 11.7 Å². The maximum absolute atomic E-state index is 12.5. The number of aryl methyl sites for hydroxylation is 1. The van der Waals surface area contributed by atoms with Crippen molar-refractivity contribution in [2.75, 3.05) is 19.0 Å². The van der Waals surface area contributed by atoms with Gasteiger partial charge in [-0.05, 0) is 36.6 Å². The summed E-state index contributed by atoms with van der Waals surface area (Å²) in [5.74, 6) is 2.70. The highest BCUT2D eigenvalue weighted by Crippen LogP contribution is 2.40. The summed E-state index contributed by atoms with van der Waals surface area (Å²) in [5.41, 5.74) is 2.88. The van der Waals surface area contributed by atoms with E-state index in [0.29, 0.717) is 36.5 Å². The molecule has 0 bridgehead atoms. The smallest absolute Gasteiger partial charge is 0.233 e. The second-order valence-electron chi connectivity index (χ2n) is 7.77. The van der Waals surface area contributed by atoms with Gasteiger partial charge in [-0.3, -0.25) is 4.79 Å². The Hall–Kier alpha value is -3.42. The number of ether oxygens (including phenoxy) is 2. The van der Waals surface area contributed by atoms with Gasteiger partial charge in [0.2, 0.25) is 11.8 Å². The van der Waals surface area contributed by atoms with Gasteiger partial charge in [-0.25, -0.2) is 0 Å². The zero-order valence-corrected chi connectivity index (χ0v) is 17.5. The lowest BCUT2D eigenvalue weighted by atomic mass is 9.86. The van der Waals surface area contributed by atoms with Crippen molar-refractivity contribution in [1.29, 1.82) is 0 Å². The van der Waals surface area contributed by atoms with Crippen molar-refractivity contribution in [1.82, 2.24) is 20.0 Å². The van der Waals surface area contributed by atoms with E-state index in [1.165, 1.54) is 7.11 Å². The van der Waals surface area contributed by atoms with Gasteiger partial charge in [-0.1, -0.05) is 26.0 Å². The molecule has 1 atom stereocenters. The van der Waals surface area contributed by atoms with Crippen LogP contribution in [-0.2, 0) is 4.79 Å². The molecule has 1 aliphatic rings. The molecule has 2 aromatic heterocycles.